The van der Waals surface area contributed by atoms with Crippen LogP contribution >= 0.6 is 23.9 Å². The van der Waals surface area contributed by atoms with Crippen LogP contribution in [0.1, 0.15) is 55.4 Å². The van der Waals surface area contributed by atoms with Crippen molar-refractivity contribution in [1.29, 1.82) is 0 Å². The van der Waals surface area contributed by atoms with E-state index >= 15 is 0 Å². The van der Waals surface area contributed by atoms with Gasteiger partial charge in [0, 0.05) is 25.8 Å². The molecule has 0 atom stereocenters. The van der Waals surface area contributed by atoms with E-state index in [9.17, 15) is 0 Å². The summed E-state index contributed by atoms with van der Waals surface area (Å²) in [5, 5.41) is 2.35. The van der Waals surface area contributed by atoms with E-state index in [1.807, 2.05) is 0 Å². The van der Waals surface area contributed by atoms with Gasteiger partial charge in [0.15, 0.2) is 0 Å². The molecule has 0 rings (SSSR count). The smallest absolute Gasteiger partial charge is 0.0122 e. The van der Waals surface area contributed by atoms with E-state index < -0.39 is 0 Å². The van der Waals surface area contributed by atoms with Crippen LogP contribution in [0, 0.1) is 0 Å². The van der Waals surface area contributed by atoms with Crippen molar-refractivity contribution in [2.24, 2.45) is 0 Å². The Kier molecular flexibility index (Phi) is 7.51. The number of hydrogen-bond donors (Lipinski definition) is 0. The molecule has 0 aliphatic heterocycles. The van der Waals surface area contributed by atoms with Gasteiger partial charge in [-0.25, -0.2) is 0 Å². The molecule has 0 aliphatic rings. The zero-order valence-electron chi connectivity index (χ0n) is 11.3. The van der Waals surface area contributed by atoms with Gasteiger partial charge in [-0.15, -0.1) is 0 Å². The minimum absolute atomic E-state index is 0. The molecule has 0 heterocycles. The molecule has 0 saturated heterocycles. The topological polar surface area (TPSA) is 0 Å². The van der Waals surface area contributed by atoms with Crippen molar-refractivity contribution in [3.63, 3.8) is 0 Å². The van der Waals surface area contributed by atoms with E-state index in [0.29, 0.717) is 15.5 Å². The van der Waals surface area contributed by atoms with Crippen LogP contribution in [0.5, 0.6) is 0 Å². The summed E-state index contributed by atoms with van der Waals surface area (Å²) >= 11 is 3.67. The molecule has 0 spiro atoms. The second-order valence-electron chi connectivity index (χ2n) is 6.62. The minimum atomic E-state index is -0.0330. The van der Waals surface area contributed by atoms with Gasteiger partial charge in [-0.2, -0.15) is 0 Å². The third-order valence-corrected chi connectivity index (χ3v) is 8.16. The number of alkyl halides is 1. The van der Waals surface area contributed by atoms with E-state index in [4.69, 9.17) is 0 Å². The molecule has 0 aromatic heterocycles. The Labute approximate surface area is 120 Å². The van der Waals surface area contributed by atoms with Crippen LogP contribution in [-0.4, -0.2) is 20.8 Å². The molecule has 0 aromatic carbocycles. The zero-order valence-corrected chi connectivity index (χ0v) is 15.4. The second kappa shape index (κ2) is 5.95. The molecule has 0 radical (unpaired) electrons. The van der Waals surface area contributed by atoms with E-state index in [2.05, 4.69) is 71.3 Å². The maximum atomic E-state index is 3.67. The Bertz CT molecular complexity index is 175. The van der Waals surface area contributed by atoms with Crippen LogP contribution in [-0.2, 0) is 20.4 Å². The van der Waals surface area contributed by atoms with Gasteiger partial charge in [0.05, 0.1) is 0 Å². The molecular formula is C12H26BrPPd. The summed E-state index contributed by atoms with van der Waals surface area (Å²) in [6, 6.07) is 0. The molecule has 0 aromatic rings. The van der Waals surface area contributed by atoms with Gasteiger partial charge in [0.1, 0.15) is 0 Å². The summed E-state index contributed by atoms with van der Waals surface area (Å²) in [5.74, 6) is 0. The van der Waals surface area contributed by atoms with Gasteiger partial charge >= 0.3 is 0 Å². The average molecular weight is 388 g/mol. The number of halogens is 1. The largest absolute Gasteiger partial charge is 0.0918 e. The van der Waals surface area contributed by atoms with Gasteiger partial charge in [0.25, 0.3) is 0 Å². The molecule has 0 aliphatic carbocycles. The van der Waals surface area contributed by atoms with Crippen LogP contribution in [0.15, 0.2) is 0 Å². The summed E-state index contributed by atoms with van der Waals surface area (Å²) in [6.45, 7) is 19.1. The third-order valence-electron chi connectivity index (χ3n) is 2.27. The molecule has 0 N–H and O–H groups in total. The Morgan fingerprint density at radius 2 is 1.07 bits per heavy atom. The van der Waals surface area contributed by atoms with Gasteiger partial charge in [0.2, 0.25) is 0 Å². The summed E-state index contributed by atoms with van der Waals surface area (Å²) < 4.78 is 0. The second-order valence-corrected chi connectivity index (χ2v) is 11.7. The maximum Gasteiger partial charge on any atom is 0.0122 e. The predicted octanol–water partition coefficient (Wildman–Crippen LogP) is 5.24. The van der Waals surface area contributed by atoms with E-state index in [-0.39, 0.29) is 28.3 Å². The molecule has 3 heteroatoms. The summed E-state index contributed by atoms with van der Waals surface area (Å²) in [4.78, 5) is 0. The molecule has 0 fully saturated rings. The van der Waals surface area contributed by atoms with Crippen molar-refractivity contribution in [2.75, 3.05) is 5.33 Å². The normalized spacial score (nSPS) is 14.0. The molecule has 96 valence electrons. The average Bonchev–Trinajstić information content (AvgIpc) is 1.79. The number of hydrogen-bond acceptors (Lipinski definition) is 0. The monoisotopic (exact) mass is 386 g/mol. The fourth-order valence-corrected chi connectivity index (χ4v) is 9.40. The van der Waals surface area contributed by atoms with Crippen molar-refractivity contribution in [2.45, 2.75) is 70.9 Å². The quantitative estimate of drug-likeness (QED) is 0.345. The molecule has 0 unspecified atom stereocenters. The first-order valence-electron chi connectivity index (χ1n) is 5.29. The molecule has 0 nitrogen and oxygen atoms in total. The molecular weight excluding hydrogens is 361 g/mol. The van der Waals surface area contributed by atoms with Crippen LogP contribution in [0.3, 0.4) is 0 Å². The van der Waals surface area contributed by atoms with Crippen molar-refractivity contribution in [3.05, 3.63) is 0 Å². The first-order valence-corrected chi connectivity index (χ1v) is 7.75. The van der Waals surface area contributed by atoms with Gasteiger partial charge in [-0.3, -0.25) is 0 Å². The van der Waals surface area contributed by atoms with E-state index in [1.54, 1.807) is 0 Å². The predicted molar refractivity (Wildman–Crippen MR) is 74.3 cm³/mol. The third kappa shape index (κ3) is 5.63. The summed E-state index contributed by atoms with van der Waals surface area (Å²) in [7, 11) is -0.0330. The molecule has 15 heavy (non-hydrogen) atoms. The van der Waals surface area contributed by atoms with Crippen molar-refractivity contribution < 1.29 is 20.4 Å². The van der Waals surface area contributed by atoms with Crippen LogP contribution in [0.4, 0.5) is 0 Å². The van der Waals surface area contributed by atoms with Crippen molar-refractivity contribution in [3.8, 4) is 0 Å². The Balaban J connectivity index is 0. The van der Waals surface area contributed by atoms with Gasteiger partial charge in [-0.1, -0.05) is 79.2 Å². The molecule has 0 amide bonds. The maximum absolute atomic E-state index is 3.67. The summed E-state index contributed by atoms with van der Waals surface area (Å²) in [6.07, 6.45) is 0. The Morgan fingerprint density at radius 3 is 1.13 bits per heavy atom. The fourth-order valence-electron chi connectivity index (χ4n) is 2.88. The van der Waals surface area contributed by atoms with Crippen LogP contribution < -0.4 is 0 Å². The molecule has 0 saturated carbocycles. The fraction of sp³-hybridized carbons (Fsp3) is 1.00. The standard InChI is InChI=1S/C12H26BrP.Pd/c1-10(2,3)14(11(4,5)6)12(7,8)9-13;/h9H2,1-8H3;. The van der Waals surface area contributed by atoms with Gasteiger partial charge < -0.3 is 0 Å². The van der Waals surface area contributed by atoms with Crippen LogP contribution in [0.2, 0.25) is 0 Å². The summed E-state index contributed by atoms with van der Waals surface area (Å²) in [5.41, 5.74) is 0. The van der Waals surface area contributed by atoms with Crippen molar-refractivity contribution >= 4 is 23.9 Å². The first kappa shape index (κ1) is 18.9. The SMILES string of the molecule is CC(C)(C)P(C(C)(C)C)C(C)(C)CBr.[Pd]. The van der Waals surface area contributed by atoms with E-state index in [0.717, 1.165) is 5.33 Å². The molecule has 0 bridgehead atoms. The van der Waals surface area contributed by atoms with Crippen LogP contribution in [0.25, 0.3) is 0 Å². The minimum Gasteiger partial charge on any atom is -0.0918 e. The zero-order chi connectivity index (χ0) is 11.8. The Hall–Kier alpha value is 1.57. The van der Waals surface area contributed by atoms with Gasteiger partial charge in [-0.05, 0) is 15.5 Å². The van der Waals surface area contributed by atoms with Crippen molar-refractivity contribution in [1.82, 2.24) is 0 Å². The Morgan fingerprint density at radius 1 is 0.800 bits per heavy atom. The number of rotatable bonds is 2. The first-order chi connectivity index (χ1) is 5.93. The van der Waals surface area contributed by atoms with E-state index in [1.165, 1.54) is 0 Å².